The number of allylic oxidation sites excluding steroid dienone is 1. The Bertz CT molecular complexity index is 1170. The zero-order valence-electron chi connectivity index (χ0n) is 18.0. The minimum Gasteiger partial charge on any atom is -0.289 e. The molecule has 32 heavy (non-hydrogen) atoms. The molecule has 0 saturated carbocycles. The quantitative estimate of drug-likeness (QED) is 0.355. The predicted molar refractivity (Wildman–Crippen MR) is 129 cm³/mol. The highest BCUT2D eigenvalue weighted by atomic mass is 32.2. The van der Waals surface area contributed by atoms with E-state index in [0.717, 1.165) is 42.4 Å². The summed E-state index contributed by atoms with van der Waals surface area (Å²) in [6, 6.07) is 24.4. The van der Waals surface area contributed by atoms with Crippen LogP contribution >= 0.6 is 0 Å². The number of carbonyl (C=O) groups is 1. The lowest BCUT2D eigenvalue weighted by Crippen LogP contribution is -2.31. The fourth-order valence-corrected chi connectivity index (χ4v) is 5.42. The van der Waals surface area contributed by atoms with Gasteiger partial charge in [0, 0.05) is 18.7 Å². The molecule has 4 nitrogen and oxygen atoms in total. The maximum atomic E-state index is 12.9. The van der Waals surface area contributed by atoms with Crippen molar-refractivity contribution < 1.29 is 13.2 Å². The lowest BCUT2D eigenvalue weighted by Gasteiger charge is -2.19. The number of hydrogen-bond acceptors (Lipinski definition) is 3. The maximum absolute atomic E-state index is 12.9. The van der Waals surface area contributed by atoms with E-state index in [-0.39, 0.29) is 10.7 Å². The van der Waals surface area contributed by atoms with Crippen molar-refractivity contribution in [3.63, 3.8) is 0 Å². The Morgan fingerprint density at radius 1 is 0.719 bits per heavy atom. The van der Waals surface area contributed by atoms with Gasteiger partial charge < -0.3 is 0 Å². The van der Waals surface area contributed by atoms with Gasteiger partial charge in [-0.05, 0) is 59.9 Å². The molecule has 3 aromatic carbocycles. The third-order valence-electron chi connectivity index (χ3n) is 5.79. The highest BCUT2D eigenvalue weighted by molar-refractivity contribution is 7.89. The van der Waals surface area contributed by atoms with Crippen molar-refractivity contribution in [3.8, 4) is 11.1 Å². The van der Waals surface area contributed by atoms with E-state index in [2.05, 4.69) is 12.1 Å². The molecule has 0 N–H and O–H groups in total. The number of carbonyl (C=O) groups excluding carboxylic acids is 1. The van der Waals surface area contributed by atoms with E-state index in [0.29, 0.717) is 18.7 Å². The van der Waals surface area contributed by atoms with Gasteiger partial charge in [0.2, 0.25) is 10.0 Å². The zero-order valence-corrected chi connectivity index (χ0v) is 18.8. The van der Waals surface area contributed by atoms with Crippen LogP contribution in [0.2, 0.25) is 0 Å². The summed E-state index contributed by atoms with van der Waals surface area (Å²) in [6.07, 6.45) is 7.23. The molecule has 3 aromatic rings. The maximum Gasteiger partial charge on any atom is 0.243 e. The van der Waals surface area contributed by atoms with Crippen LogP contribution in [0.1, 0.15) is 41.6 Å². The number of nitrogens with zero attached hydrogens (tertiary/aromatic N) is 1. The third kappa shape index (κ3) is 5.23. The molecule has 5 heteroatoms. The van der Waals surface area contributed by atoms with Gasteiger partial charge in [0.05, 0.1) is 4.90 Å². The van der Waals surface area contributed by atoms with Crippen LogP contribution in [-0.4, -0.2) is 31.6 Å². The Morgan fingerprint density at radius 2 is 1.31 bits per heavy atom. The third-order valence-corrected chi connectivity index (χ3v) is 7.70. The Labute approximate surface area is 190 Å². The summed E-state index contributed by atoms with van der Waals surface area (Å²) in [5.74, 6) is -0.157. The van der Waals surface area contributed by atoms with E-state index in [1.165, 1.54) is 18.2 Å². The molecule has 0 amide bonds. The average Bonchev–Trinajstić information content (AvgIpc) is 3.14. The number of sulfonamides is 1. The van der Waals surface area contributed by atoms with Crippen LogP contribution in [-0.2, 0) is 10.0 Å². The molecule has 1 saturated heterocycles. The monoisotopic (exact) mass is 445 g/mol. The van der Waals surface area contributed by atoms with E-state index in [1.54, 1.807) is 22.5 Å². The van der Waals surface area contributed by atoms with Crippen molar-refractivity contribution in [2.45, 2.75) is 30.6 Å². The molecule has 1 aliphatic heterocycles. The van der Waals surface area contributed by atoms with Crippen molar-refractivity contribution in [1.82, 2.24) is 4.31 Å². The first kappa shape index (κ1) is 22.2. The molecule has 1 fully saturated rings. The predicted octanol–water partition coefficient (Wildman–Crippen LogP) is 5.81. The van der Waals surface area contributed by atoms with E-state index in [1.807, 2.05) is 42.5 Å². The van der Waals surface area contributed by atoms with E-state index in [4.69, 9.17) is 0 Å². The van der Waals surface area contributed by atoms with E-state index < -0.39 is 10.0 Å². The van der Waals surface area contributed by atoms with Gasteiger partial charge in [-0.3, -0.25) is 4.79 Å². The van der Waals surface area contributed by atoms with Crippen LogP contribution in [0.3, 0.4) is 0 Å². The topological polar surface area (TPSA) is 54.5 Å². The Kier molecular flexibility index (Phi) is 6.98. The molecule has 0 aromatic heterocycles. The molecule has 0 bridgehead atoms. The van der Waals surface area contributed by atoms with Crippen LogP contribution in [0.5, 0.6) is 0 Å². The molecule has 0 atom stereocenters. The minimum atomic E-state index is -3.51. The summed E-state index contributed by atoms with van der Waals surface area (Å²) in [6.45, 7) is 1.13. The minimum absolute atomic E-state index is 0.157. The number of rotatable bonds is 6. The average molecular weight is 446 g/mol. The molecule has 0 radical (unpaired) electrons. The first-order chi connectivity index (χ1) is 15.5. The van der Waals surface area contributed by atoms with Crippen molar-refractivity contribution in [2.24, 2.45) is 0 Å². The van der Waals surface area contributed by atoms with Crippen molar-refractivity contribution in [2.75, 3.05) is 13.1 Å². The van der Waals surface area contributed by atoms with Gasteiger partial charge in [0.15, 0.2) is 5.78 Å². The number of ketones is 1. The fraction of sp³-hybridized carbons (Fsp3) is 0.222. The second-order valence-electron chi connectivity index (χ2n) is 8.03. The smallest absolute Gasteiger partial charge is 0.243 e. The summed E-state index contributed by atoms with van der Waals surface area (Å²) >= 11 is 0. The fourth-order valence-electron chi connectivity index (χ4n) is 3.91. The largest absolute Gasteiger partial charge is 0.289 e. The second kappa shape index (κ2) is 10.1. The van der Waals surface area contributed by atoms with Crippen molar-refractivity contribution >= 4 is 21.9 Å². The lowest BCUT2D eigenvalue weighted by atomic mass is 10.0. The summed E-state index contributed by atoms with van der Waals surface area (Å²) in [7, 11) is -3.51. The molecule has 164 valence electrons. The molecule has 4 rings (SSSR count). The molecule has 0 aliphatic carbocycles. The molecule has 0 spiro atoms. The van der Waals surface area contributed by atoms with Gasteiger partial charge in [-0.15, -0.1) is 0 Å². The Hall–Kier alpha value is -3.02. The Morgan fingerprint density at radius 3 is 1.94 bits per heavy atom. The summed E-state index contributed by atoms with van der Waals surface area (Å²) < 4.78 is 27.3. The van der Waals surface area contributed by atoms with E-state index >= 15 is 0 Å². The molecule has 1 aliphatic rings. The van der Waals surface area contributed by atoms with Gasteiger partial charge in [-0.25, -0.2) is 8.42 Å². The van der Waals surface area contributed by atoms with Gasteiger partial charge in [0.25, 0.3) is 0 Å². The van der Waals surface area contributed by atoms with E-state index in [9.17, 15) is 13.2 Å². The summed E-state index contributed by atoms with van der Waals surface area (Å²) in [5.41, 5.74) is 3.67. The Balaban J connectivity index is 1.43. The van der Waals surface area contributed by atoms with Crippen LogP contribution in [0.15, 0.2) is 89.8 Å². The van der Waals surface area contributed by atoms with Crippen LogP contribution in [0, 0.1) is 0 Å². The summed E-state index contributed by atoms with van der Waals surface area (Å²) in [5, 5.41) is 0. The normalized spacial score (nSPS) is 15.5. The molecular formula is C27H27NO3S. The van der Waals surface area contributed by atoms with Gasteiger partial charge >= 0.3 is 0 Å². The molecule has 0 unspecified atom stereocenters. The van der Waals surface area contributed by atoms with Crippen molar-refractivity contribution in [1.29, 1.82) is 0 Å². The lowest BCUT2D eigenvalue weighted by molar-refractivity contribution is 0.104. The SMILES string of the molecule is O=C(C=Cc1ccc(-c2ccccc2)cc1)c1ccc(S(=O)(=O)N2CCCCCC2)cc1. The van der Waals surface area contributed by atoms with Gasteiger partial charge in [-0.2, -0.15) is 4.31 Å². The van der Waals surface area contributed by atoms with Crippen LogP contribution in [0.25, 0.3) is 17.2 Å². The second-order valence-corrected chi connectivity index (χ2v) is 9.97. The van der Waals surface area contributed by atoms with Gasteiger partial charge in [0.1, 0.15) is 0 Å². The molecule has 1 heterocycles. The van der Waals surface area contributed by atoms with Crippen LogP contribution < -0.4 is 0 Å². The highest BCUT2D eigenvalue weighted by Gasteiger charge is 2.25. The standard InChI is InChI=1S/C27H27NO3S/c29-27(19-12-22-10-13-24(14-11-22)23-8-4-3-5-9-23)25-15-17-26(18-16-25)32(30,31)28-20-6-1-2-7-21-28/h3-5,8-19H,1-2,6-7,20-21H2. The van der Waals surface area contributed by atoms with Crippen LogP contribution in [0.4, 0.5) is 0 Å². The van der Waals surface area contributed by atoms with Crippen molar-refractivity contribution in [3.05, 3.63) is 96.1 Å². The number of hydrogen-bond donors (Lipinski definition) is 0. The zero-order chi connectivity index (χ0) is 22.4. The van der Waals surface area contributed by atoms with Gasteiger partial charge in [-0.1, -0.05) is 73.5 Å². The summed E-state index contributed by atoms with van der Waals surface area (Å²) in [4.78, 5) is 12.8. The first-order valence-corrected chi connectivity index (χ1v) is 12.5. The molecular weight excluding hydrogens is 418 g/mol. The highest BCUT2D eigenvalue weighted by Crippen LogP contribution is 2.22. The first-order valence-electron chi connectivity index (χ1n) is 11.0. The number of benzene rings is 3.